The highest BCUT2D eigenvalue weighted by atomic mass is 16.5. The van der Waals surface area contributed by atoms with Crippen molar-refractivity contribution in [1.29, 1.82) is 0 Å². The number of aryl methyl sites for hydroxylation is 1. The van der Waals surface area contributed by atoms with E-state index in [1.54, 1.807) is 9.80 Å². The molecule has 4 rings (SSSR count). The van der Waals surface area contributed by atoms with Gasteiger partial charge in [0.15, 0.2) is 0 Å². The molecule has 0 radical (unpaired) electrons. The summed E-state index contributed by atoms with van der Waals surface area (Å²) in [5.74, 6) is 1.13. The smallest absolute Gasteiger partial charge is 0.249 e. The topological polar surface area (TPSA) is 72.2 Å². The van der Waals surface area contributed by atoms with E-state index in [-0.39, 0.29) is 31.1 Å². The van der Waals surface area contributed by atoms with Crippen LogP contribution in [0.5, 0.6) is 0 Å². The second-order valence-corrected chi connectivity index (χ2v) is 9.14. The number of hydrogen-bond donors (Lipinski definition) is 0. The van der Waals surface area contributed by atoms with E-state index in [0.29, 0.717) is 38.6 Å². The number of hydrogen-bond acceptors (Lipinski definition) is 5. The van der Waals surface area contributed by atoms with Crippen LogP contribution in [-0.4, -0.2) is 54.0 Å². The number of furan rings is 1. The fraction of sp³-hybridized carbons (Fsp3) is 0.379. The highest BCUT2D eigenvalue weighted by Crippen LogP contribution is 2.16. The molecule has 2 aromatic carbocycles. The van der Waals surface area contributed by atoms with Gasteiger partial charge in [-0.15, -0.1) is 0 Å². The Kier molecular flexibility index (Phi) is 9.30. The number of ether oxygens (including phenoxy) is 2. The zero-order valence-corrected chi connectivity index (χ0v) is 20.8. The Labute approximate surface area is 212 Å². The van der Waals surface area contributed by atoms with Gasteiger partial charge in [-0.1, -0.05) is 60.7 Å². The Morgan fingerprint density at radius 1 is 0.889 bits per heavy atom. The average Bonchev–Trinajstić information content (AvgIpc) is 3.56. The molecule has 3 aromatic rings. The number of rotatable bonds is 12. The molecule has 0 aliphatic carbocycles. The van der Waals surface area contributed by atoms with Crippen molar-refractivity contribution < 1.29 is 23.5 Å². The molecule has 1 aliphatic heterocycles. The van der Waals surface area contributed by atoms with Crippen molar-refractivity contribution in [3.05, 3.63) is 95.4 Å². The quantitative estimate of drug-likeness (QED) is 0.378. The molecule has 1 fully saturated rings. The first-order chi connectivity index (χ1) is 17.6. The van der Waals surface area contributed by atoms with Gasteiger partial charge in [0.25, 0.3) is 0 Å². The van der Waals surface area contributed by atoms with Crippen LogP contribution < -0.4 is 0 Å². The van der Waals surface area contributed by atoms with Crippen molar-refractivity contribution in [3.8, 4) is 0 Å². The van der Waals surface area contributed by atoms with Crippen LogP contribution in [0.4, 0.5) is 0 Å². The van der Waals surface area contributed by atoms with Gasteiger partial charge >= 0.3 is 0 Å². The molecule has 36 heavy (non-hydrogen) atoms. The minimum atomic E-state index is -0.219. The van der Waals surface area contributed by atoms with E-state index >= 15 is 0 Å². The van der Waals surface area contributed by atoms with E-state index in [4.69, 9.17) is 13.9 Å². The van der Waals surface area contributed by atoms with Crippen molar-refractivity contribution in [2.24, 2.45) is 0 Å². The number of nitrogens with zero attached hydrogens (tertiary/aromatic N) is 2. The molecule has 2 heterocycles. The van der Waals surface area contributed by atoms with Crippen LogP contribution >= 0.6 is 0 Å². The fourth-order valence-corrected chi connectivity index (χ4v) is 4.27. The van der Waals surface area contributed by atoms with Gasteiger partial charge in [0.2, 0.25) is 11.8 Å². The lowest BCUT2D eigenvalue weighted by atomic mass is 10.2. The maximum Gasteiger partial charge on any atom is 0.249 e. The van der Waals surface area contributed by atoms with Crippen LogP contribution in [0.3, 0.4) is 0 Å². The summed E-state index contributed by atoms with van der Waals surface area (Å²) in [4.78, 5) is 30.0. The maximum atomic E-state index is 13.6. The Morgan fingerprint density at radius 2 is 1.61 bits per heavy atom. The van der Waals surface area contributed by atoms with Gasteiger partial charge in [-0.3, -0.25) is 9.59 Å². The number of carbonyl (C=O) groups is 2. The molecule has 0 spiro atoms. The summed E-state index contributed by atoms with van der Waals surface area (Å²) in [5.41, 5.74) is 2.01. The van der Waals surface area contributed by atoms with Crippen LogP contribution in [0.25, 0.3) is 0 Å². The molecule has 1 saturated heterocycles. The van der Waals surface area contributed by atoms with Gasteiger partial charge in [-0.2, -0.15) is 0 Å². The van der Waals surface area contributed by atoms with E-state index in [2.05, 4.69) is 0 Å². The summed E-state index contributed by atoms with van der Waals surface area (Å²) in [7, 11) is 0. The first-order valence-corrected chi connectivity index (χ1v) is 12.4. The summed E-state index contributed by atoms with van der Waals surface area (Å²) in [6.07, 6.45) is 1.77. The van der Waals surface area contributed by atoms with E-state index in [1.807, 2.05) is 79.7 Å². The van der Waals surface area contributed by atoms with Gasteiger partial charge in [-0.05, 0) is 43.0 Å². The lowest BCUT2D eigenvalue weighted by Crippen LogP contribution is -2.46. The highest BCUT2D eigenvalue weighted by Gasteiger charge is 2.27. The Balaban J connectivity index is 1.43. The monoisotopic (exact) mass is 490 g/mol. The molecular formula is C29H34N2O5. The normalized spacial score (nSPS) is 15.1. The number of carbonyl (C=O) groups excluding carboxylic acids is 2. The predicted octanol–water partition coefficient (Wildman–Crippen LogP) is 4.34. The van der Waals surface area contributed by atoms with Crippen LogP contribution in [0.15, 0.2) is 77.2 Å². The summed E-state index contributed by atoms with van der Waals surface area (Å²) in [5, 5.41) is 0. The third kappa shape index (κ3) is 7.80. The molecular weight excluding hydrogens is 456 g/mol. The Morgan fingerprint density at radius 3 is 2.25 bits per heavy atom. The van der Waals surface area contributed by atoms with Gasteiger partial charge < -0.3 is 23.7 Å². The summed E-state index contributed by atoms with van der Waals surface area (Å²) in [6, 6.07) is 23.3. The SMILES string of the molecule is Cc1ccc(CN(Cc2ccccc2)C(=O)CN(CC2CCCO2)C(=O)COCc2ccccc2)o1. The van der Waals surface area contributed by atoms with Crippen molar-refractivity contribution in [2.75, 3.05) is 26.3 Å². The predicted molar refractivity (Wildman–Crippen MR) is 136 cm³/mol. The van der Waals surface area contributed by atoms with Crippen molar-refractivity contribution >= 4 is 11.8 Å². The molecule has 0 saturated carbocycles. The zero-order chi connectivity index (χ0) is 25.2. The van der Waals surface area contributed by atoms with Gasteiger partial charge in [0, 0.05) is 19.7 Å². The third-order valence-corrected chi connectivity index (χ3v) is 6.18. The van der Waals surface area contributed by atoms with E-state index < -0.39 is 0 Å². The summed E-state index contributed by atoms with van der Waals surface area (Å²) in [6.45, 7) is 3.89. The highest BCUT2D eigenvalue weighted by molar-refractivity contribution is 5.85. The van der Waals surface area contributed by atoms with Gasteiger partial charge in [0.1, 0.15) is 18.1 Å². The lowest BCUT2D eigenvalue weighted by Gasteiger charge is -2.29. The third-order valence-electron chi connectivity index (χ3n) is 6.18. The largest absolute Gasteiger partial charge is 0.464 e. The number of amides is 2. The lowest BCUT2D eigenvalue weighted by molar-refractivity contribution is -0.145. The molecule has 1 aliphatic rings. The fourth-order valence-electron chi connectivity index (χ4n) is 4.27. The molecule has 0 N–H and O–H groups in total. The average molecular weight is 491 g/mol. The first-order valence-electron chi connectivity index (χ1n) is 12.4. The van der Waals surface area contributed by atoms with Crippen LogP contribution in [0, 0.1) is 6.92 Å². The second-order valence-electron chi connectivity index (χ2n) is 9.14. The molecule has 1 atom stereocenters. The molecule has 190 valence electrons. The standard InChI is InChI=1S/C29H34N2O5/c1-23-14-15-27(36-23)19-30(17-24-9-4-2-5-10-24)28(32)20-31(18-26-13-8-16-35-26)29(33)22-34-21-25-11-6-3-7-12-25/h2-7,9-12,14-15,26H,8,13,16-22H2,1H3. The van der Waals surface area contributed by atoms with Gasteiger partial charge in [-0.25, -0.2) is 0 Å². The molecule has 0 bridgehead atoms. The molecule has 1 aromatic heterocycles. The maximum absolute atomic E-state index is 13.6. The summed E-state index contributed by atoms with van der Waals surface area (Å²) >= 11 is 0. The second kappa shape index (κ2) is 13.0. The molecule has 2 amide bonds. The zero-order valence-electron chi connectivity index (χ0n) is 20.8. The minimum absolute atomic E-state index is 0.0418. The van der Waals surface area contributed by atoms with Crippen molar-refractivity contribution in [2.45, 2.75) is 45.6 Å². The van der Waals surface area contributed by atoms with Crippen LogP contribution in [-0.2, 0) is 38.8 Å². The van der Waals surface area contributed by atoms with E-state index in [1.165, 1.54) is 0 Å². The minimum Gasteiger partial charge on any atom is -0.464 e. The summed E-state index contributed by atoms with van der Waals surface area (Å²) < 4.78 is 17.2. The Hall–Kier alpha value is -3.42. The molecule has 7 heteroatoms. The molecule has 1 unspecified atom stereocenters. The van der Waals surface area contributed by atoms with Crippen molar-refractivity contribution in [3.63, 3.8) is 0 Å². The molecule has 7 nitrogen and oxygen atoms in total. The van der Waals surface area contributed by atoms with Crippen molar-refractivity contribution in [1.82, 2.24) is 9.80 Å². The van der Waals surface area contributed by atoms with Crippen LogP contribution in [0.1, 0.15) is 35.5 Å². The van der Waals surface area contributed by atoms with E-state index in [9.17, 15) is 9.59 Å². The van der Waals surface area contributed by atoms with Gasteiger partial charge in [0.05, 0.1) is 25.8 Å². The Bertz CT molecular complexity index is 1090. The number of benzene rings is 2. The first kappa shape index (κ1) is 25.7. The van der Waals surface area contributed by atoms with E-state index in [0.717, 1.165) is 29.7 Å². The van der Waals surface area contributed by atoms with Crippen LogP contribution in [0.2, 0.25) is 0 Å².